The van der Waals surface area contributed by atoms with Gasteiger partial charge in [-0.3, -0.25) is 0 Å². The third kappa shape index (κ3) is 3.66. The first-order valence-electron chi connectivity index (χ1n) is 6.08. The Kier molecular flexibility index (Phi) is 4.20. The van der Waals surface area contributed by atoms with Gasteiger partial charge in [-0.15, -0.1) is 0 Å². The second-order valence-corrected chi connectivity index (χ2v) is 4.26. The molecule has 0 aliphatic carbocycles. The lowest BCUT2D eigenvalue weighted by Crippen LogP contribution is -2.05. The van der Waals surface area contributed by atoms with Gasteiger partial charge in [-0.05, 0) is 24.3 Å². The summed E-state index contributed by atoms with van der Waals surface area (Å²) in [5.74, 6) is -1.48. The largest absolute Gasteiger partial charge is 0.477 e. The lowest BCUT2D eigenvalue weighted by atomic mass is 10.2. The normalized spacial score (nSPS) is 11.1. The number of hydrogen-bond acceptors (Lipinski definition) is 4. The quantitative estimate of drug-likeness (QED) is 0.902. The molecule has 2 N–H and O–H groups in total. The van der Waals surface area contributed by atoms with Gasteiger partial charge < -0.3 is 15.2 Å². The number of rotatable bonds is 4. The highest BCUT2D eigenvalue weighted by atomic mass is 19.4. The standard InChI is InChI=1S/C14H11F3N2O3/c1-18-9-6-11(13(20)21)19-12(7-9)22-10-4-2-3-8(5-10)14(15,16)17/h2-7H,1H3,(H,18,19)(H,20,21). The molecule has 0 aliphatic rings. The molecule has 0 aliphatic heterocycles. The first-order chi connectivity index (χ1) is 10.3. The van der Waals surface area contributed by atoms with Crippen molar-refractivity contribution in [3.63, 3.8) is 0 Å². The van der Waals surface area contributed by atoms with Crippen LogP contribution in [0, 0.1) is 0 Å². The van der Waals surface area contributed by atoms with Crippen LogP contribution < -0.4 is 10.1 Å². The van der Waals surface area contributed by atoms with Crippen LogP contribution in [0.25, 0.3) is 0 Å². The van der Waals surface area contributed by atoms with Gasteiger partial charge in [-0.2, -0.15) is 13.2 Å². The van der Waals surface area contributed by atoms with Crippen molar-refractivity contribution in [1.82, 2.24) is 4.98 Å². The van der Waals surface area contributed by atoms with Gasteiger partial charge in [-0.1, -0.05) is 6.07 Å². The van der Waals surface area contributed by atoms with Crippen molar-refractivity contribution in [2.45, 2.75) is 6.18 Å². The zero-order chi connectivity index (χ0) is 16.3. The molecule has 116 valence electrons. The average molecular weight is 312 g/mol. The Bertz CT molecular complexity index is 702. The van der Waals surface area contributed by atoms with Gasteiger partial charge in [0.2, 0.25) is 5.88 Å². The van der Waals surface area contributed by atoms with Crippen LogP contribution >= 0.6 is 0 Å². The average Bonchev–Trinajstić information content (AvgIpc) is 2.46. The number of alkyl halides is 3. The van der Waals surface area contributed by atoms with Crippen molar-refractivity contribution in [1.29, 1.82) is 0 Å². The first-order valence-corrected chi connectivity index (χ1v) is 6.08. The molecule has 8 heteroatoms. The van der Waals surface area contributed by atoms with Gasteiger partial charge in [-0.25, -0.2) is 9.78 Å². The van der Waals surface area contributed by atoms with Crippen molar-refractivity contribution >= 4 is 11.7 Å². The maximum absolute atomic E-state index is 12.6. The van der Waals surface area contributed by atoms with E-state index < -0.39 is 17.7 Å². The Morgan fingerprint density at radius 1 is 1.27 bits per heavy atom. The number of carboxylic acids is 1. The number of carbonyl (C=O) groups is 1. The van der Waals surface area contributed by atoms with E-state index in [-0.39, 0.29) is 17.3 Å². The highest BCUT2D eigenvalue weighted by Gasteiger charge is 2.30. The number of anilines is 1. The van der Waals surface area contributed by atoms with Crippen molar-refractivity contribution in [3.8, 4) is 11.6 Å². The van der Waals surface area contributed by atoms with Gasteiger partial charge in [0.25, 0.3) is 0 Å². The number of aromatic carboxylic acids is 1. The molecule has 1 aromatic heterocycles. The van der Waals surface area contributed by atoms with E-state index in [1.54, 1.807) is 7.05 Å². The fourth-order valence-corrected chi connectivity index (χ4v) is 1.67. The van der Waals surface area contributed by atoms with E-state index in [1.165, 1.54) is 24.3 Å². The maximum atomic E-state index is 12.6. The summed E-state index contributed by atoms with van der Waals surface area (Å²) in [6.45, 7) is 0. The molecular formula is C14H11F3N2O3. The second-order valence-electron chi connectivity index (χ2n) is 4.26. The number of pyridine rings is 1. The van der Waals surface area contributed by atoms with Gasteiger partial charge in [0.05, 0.1) is 5.56 Å². The minimum atomic E-state index is -4.49. The molecular weight excluding hydrogens is 301 g/mol. The van der Waals surface area contributed by atoms with E-state index in [2.05, 4.69) is 10.3 Å². The van der Waals surface area contributed by atoms with Crippen LogP contribution in [0.1, 0.15) is 16.1 Å². The smallest absolute Gasteiger partial charge is 0.416 e. The minimum absolute atomic E-state index is 0.0908. The highest BCUT2D eigenvalue weighted by molar-refractivity contribution is 5.86. The number of ether oxygens (including phenoxy) is 1. The first kappa shape index (κ1) is 15.6. The van der Waals surface area contributed by atoms with Crippen LogP contribution in [0.5, 0.6) is 11.6 Å². The number of halogens is 3. The van der Waals surface area contributed by atoms with Crippen LogP contribution in [-0.4, -0.2) is 23.1 Å². The zero-order valence-corrected chi connectivity index (χ0v) is 11.3. The third-order valence-corrected chi connectivity index (χ3v) is 2.69. The zero-order valence-electron chi connectivity index (χ0n) is 11.3. The Morgan fingerprint density at radius 2 is 2.00 bits per heavy atom. The number of nitrogens with zero attached hydrogens (tertiary/aromatic N) is 1. The maximum Gasteiger partial charge on any atom is 0.416 e. The van der Waals surface area contributed by atoms with Crippen molar-refractivity contribution in [3.05, 3.63) is 47.7 Å². The van der Waals surface area contributed by atoms with Crippen LogP contribution in [-0.2, 0) is 6.18 Å². The van der Waals surface area contributed by atoms with E-state index in [0.29, 0.717) is 5.69 Å². The number of nitrogens with one attached hydrogen (secondary N) is 1. The molecule has 0 unspecified atom stereocenters. The lowest BCUT2D eigenvalue weighted by molar-refractivity contribution is -0.137. The van der Waals surface area contributed by atoms with Gasteiger partial charge in [0, 0.05) is 18.8 Å². The molecule has 0 radical (unpaired) electrons. The highest BCUT2D eigenvalue weighted by Crippen LogP contribution is 2.32. The van der Waals surface area contributed by atoms with Gasteiger partial charge in [0.1, 0.15) is 5.75 Å². The molecule has 2 rings (SSSR count). The molecule has 0 atom stereocenters. The molecule has 0 bridgehead atoms. The summed E-state index contributed by atoms with van der Waals surface area (Å²) in [5.41, 5.74) is -0.739. The molecule has 0 saturated carbocycles. The van der Waals surface area contributed by atoms with E-state index in [4.69, 9.17) is 9.84 Å². The van der Waals surface area contributed by atoms with E-state index in [0.717, 1.165) is 12.1 Å². The molecule has 0 saturated heterocycles. The Labute approximate surface area is 123 Å². The second kappa shape index (κ2) is 5.92. The molecule has 0 fully saturated rings. The molecule has 1 heterocycles. The predicted molar refractivity (Wildman–Crippen MR) is 72.3 cm³/mol. The Morgan fingerprint density at radius 3 is 2.59 bits per heavy atom. The van der Waals surface area contributed by atoms with Crippen molar-refractivity contribution < 1.29 is 27.8 Å². The molecule has 0 spiro atoms. The summed E-state index contributed by atoms with van der Waals surface area (Å²) in [6, 6.07) is 6.90. The topological polar surface area (TPSA) is 71.5 Å². The number of benzene rings is 1. The molecule has 2 aromatic rings. The summed E-state index contributed by atoms with van der Waals surface area (Å²) >= 11 is 0. The molecule has 0 amide bonds. The summed E-state index contributed by atoms with van der Waals surface area (Å²) in [6.07, 6.45) is -4.49. The van der Waals surface area contributed by atoms with Crippen LogP contribution in [0.4, 0.5) is 18.9 Å². The summed E-state index contributed by atoms with van der Waals surface area (Å²) in [5, 5.41) is 11.7. The monoisotopic (exact) mass is 312 g/mol. The predicted octanol–water partition coefficient (Wildman–Crippen LogP) is 3.63. The van der Waals surface area contributed by atoms with E-state index in [9.17, 15) is 18.0 Å². The molecule has 5 nitrogen and oxygen atoms in total. The number of carboxylic acid groups (broad SMARTS) is 1. The van der Waals surface area contributed by atoms with Crippen LogP contribution in [0.3, 0.4) is 0 Å². The minimum Gasteiger partial charge on any atom is -0.477 e. The summed E-state index contributed by atoms with van der Waals surface area (Å²) < 4.78 is 43.1. The van der Waals surface area contributed by atoms with E-state index in [1.807, 2.05) is 0 Å². The van der Waals surface area contributed by atoms with Crippen molar-refractivity contribution in [2.24, 2.45) is 0 Å². The third-order valence-electron chi connectivity index (χ3n) is 2.69. The lowest BCUT2D eigenvalue weighted by Gasteiger charge is -2.11. The Balaban J connectivity index is 2.34. The van der Waals surface area contributed by atoms with Crippen molar-refractivity contribution in [2.75, 3.05) is 12.4 Å². The van der Waals surface area contributed by atoms with Gasteiger partial charge >= 0.3 is 12.1 Å². The number of aromatic nitrogens is 1. The Hall–Kier alpha value is -2.77. The SMILES string of the molecule is CNc1cc(Oc2cccc(C(F)(F)F)c2)nc(C(=O)O)c1. The van der Waals surface area contributed by atoms with E-state index >= 15 is 0 Å². The van der Waals surface area contributed by atoms with Gasteiger partial charge in [0.15, 0.2) is 5.69 Å². The molecule has 1 aromatic carbocycles. The fourth-order valence-electron chi connectivity index (χ4n) is 1.67. The number of hydrogen-bond donors (Lipinski definition) is 2. The summed E-state index contributed by atoms with van der Waals surface area (Å²) in [4.78, 5) is 14.7. The van der Waals surface area contributed by atoms with Crippen LogP contribution in [0.15, 0.2) is 36.4 Å². The molecule has 22 heavy (non-hydrogen) atoms. The van der Waals surface area contributed by atoms with Crippen LogP contribution in [0.2, 0.25) is 0 Å². The fraction of sp³-hybridized carbons (Fsp3) is 0.143. The summed E-state index contributed by atoms with van der Waals surface area (Å²) in [7, 11) is 1.56.